The van der Waals surface area contributed by atoms with Crippen LogP contribution in [0.2, 0.25) is 0 Å². The van der Waals surface area contributed by atoms with E-state index in [0.29, 0.717) is 0 Å². The number of aromatic nitrogens is 6. The second-order valence-electron chi connectivity index (χ2n) is 23.4. The van der Waals surface area contributed by atoms with Crippen LogP contribution in [-0.2, 0) is 0 Å². The van der Waals surface area contributed by atoms with Crippen molar-refractivity contribution in [2.75, 3.05) is 0 Å². The Kier molecular flexibility index (Phi) is 11.1. The van der Waals surface area contributed by atoms with Crippen molar-refractivity contribution in [3.8, 4) is 39.7 Å². The van der Waals surface area contributed by atoms with E-state index >= 15 is 0 Å². The highest BCUT2D eigenvalue weighted by atomic mass is 32.1. The van der Waals surface area contributed by atoms with Gasteiger partial charge in [0.25, 0.3) is 0 Å². The molecule has 0 bridgehead atoms. The van der Waals surface area contributed by atoms with Crippen LogP contribution in [0.15, 0.2) is 316 Å². The lowest BCUT2D eigenvalue weighted by atomic mass is 10.0. The van der Waals surface area contributed by atoms with Crippen LogP contribution < -0.4 is 0 Å². The molecule has 0 spiro atoms. The van der Waals surface area contributed by atoms with E-state index in [4.69, 9.17) is 4.98 Å². The van der Waals surface area contributed by atoms with Crippen molar-refractivity contribution in [3.63, 3.8) is 0 Å². The van der Waals surface area contributed by atoms with Crippen molar-refractivity contribution in [1.82, 2.24) is 27.8 Å². The summed E-state index contributed by atoms with van der Waals surface area (Å²) in [7, 11) is 0. The van der Waals surface area contributed by atoms with Crippen molar-refractivity contribution < 1.29 is 0 Å². The van der Waals surface area contributed by atoms with Crippen LogP contribution in [0, 0.1) is 0 Å². The average molecular weight is 1170 g/mol. The van der Waals surface area contributed by atoms with E-state index in [2.05, 4.69) is 332 Å². The zero-order valence-electron chi connectivity index (χ0n) is 48.6. The molecule has 7 aromatic heterocycles. The summed E-state index contributed by atoms with van der Waals surface area (Å²) in [6.07, 6.45) is 1.96. The van der Waals surface area contributed by atoms with Crippen molar-refractivity contribution in [2.24, 2.45) is 0 Å². The highest BCUT2D eigenvalue weighted by Crippen LogP contribution is 2.44. The maximum absolute atomic E-state index is 4.97. The quantitative estimate of drug-likeness (QED) is 0.163. The van der Waals surface area contributed by atoms with Crippen LogP contribution in [0.4, 0.5) is 0 Å². The summed E-state index contributed by atoms with van der Waals surface area (Å²) in [5.41, 5.74) is 19.2. The number of rotatable bonds is 6. The van der Waals surface area contributed by atoms with Gasteiger partial charge in [-0.1, -0.05) is 176 Å². The van der Waals surface area contributed by atoms with Gasteiger partial charge >= 0.3 is 0 Å². The molecule has 90 heavy (non-hydrogen) atoms. The van der Waals surface area contributed by atoms with E-state index in [1.807, 2.05) is 17.5 Å². The van der Waals surface area contributed by atoms with Gasteiger partial charge in [-0.25, -0.2) is 4.98 Å². The Bertz CT molecular complexity index is 6180. The van der Waals surface area contributed by atoms with E-state index < -0.39 is 0 Å². The largest absolute Gasteiger partial charge is 0.309 e. The van der Waals surface area contributed by atoms with Gasteiger partial charge in [-0.2, -0.15) is 0 Å². The van der Waals surface area contributed by atoms with Crippen molar-refractivity contribution in [1.29, 1.82) is 0 Å². The van der Waals surface area contributed by atoms with Gasteiger partial charge in [0, 0.05) is 98.3 Å². The van der Waals surface area contributed by atoms with Gasteiger partial charge in [0.05, 0.1) is 59.9 Å². The first-order valence-electron chi connectivity index (χ1n) is 30.7. The molecule has 6 nitrogen and oxygen atoms in total. The predicted octanol–water partition coefficient (Wildman–Crippen LogP) is 22.3. The predicted molar refractivity (Wildman–Crippen MR) is 381 cm³/mol. The fourth-order valence-corrected chi connectivity index (χ4v) is 15.9. The zero-order valence-corrected chi connectivity index (χ0v) is 49.4. The van der Waals surface area contributed by atoms with Gasteiger partial charge in [-0.15, -0.1) is 11.3 Å². The van der Waals surface area contributed by atoms with Crippen molar-refractivity contribution in [3.05, 3.63) is 316 Å². The van der Waals surface area contributed by atoms with Gasteiger partial charge in [-0.3, -0.25) is 4.57 Å². The van der Waals surface area contributed by atoms with Gasteiger partial charge < -0.3 is 18.3 Å². The lowest BCUT2D eigenvalue weighted by Gasteiger charge is -2.11. The zero-order chi connectivity index (χ0) is 59.0. The minimum Gasteiger partial charge on any atom is -0.309 e. The fraction of sp³-hybridized carbons (Fsp3) is 0. The molecule has 0 aliphatic rings. The minimum atomic E-state index is 0.990. The molecule has 0 saturated carbocycles. The normalized spacial score (nSPS) is 12.0. The molecule has 0 fully saturated rings. The molecular formula is C83H52N6S. The number of benzene rings is 13. The Morgan fingerprint density at radius 2 is 0.522 bits per heavy atom. The van der Waals surface area contributed by atoms with Gasteiger partial charge in [0.15, 0.2) is 5.82 Å². The first-order chi connectivity index (χ1) is 44.7. The second-order valence-corrected chi connectivity index (χ2v) is 24.5. The molecule has 0 amide bonds. The average Bonchev–Trinajstić information content (AvgIpc) is 1.67. The number of thiophene rings is 1. The number of hydrogen-bond donors (Lipinski definition) is 0. The first-order valence-corrected chi connectivity index (χ1v) is 31.5. The third-order valence-electron chi connectivity index (χ3n) is 18.6. The molecule has 0 aliphatic heterocycles. The van der Waals surface area contributed by atoms with E-state index in [1.54, 1.807) is 0 Å². The van der Waals surface area contributed by atoms with Crippen LogP contribution in [-0.4, -0.2) is 27.8 Å². The Hall–Kier alpha value is -11.8. The van der Waals surface area contributed by atoms with Gasteiger partial charge in [0.1, 0.15) is 0 Å². The lowest BCUT2D eigenvalue weighted by molar-refractivity contribution is 1.11. The third-order valence-corrected chi connectivity index (χ3v) is 19.8. The molecule has 0 atom stereocenters. The molecule has 7 heteroatoms. The smallest absolute Gasteiger partial charge is 0.155 e. The van der Waals surface area contributed by atoms with Crippen LogP contribution in [0.5, 0.6) is 0 Å². The van der Waals surface area contributed by atoms with Crippen LogP contribution in [0.25, 0.3) is 169 Å². The summed E-state index contributed by atoms with van der Waals surface area (Å²) in [6, 6.07) is 112. The fourth-order valence-electron chi connectivity index (χ4n) is 14.7. The summed E-state index contributed by atoms with van der Waals surface area (Å²) < 4.78 is 14.4. The molecule has 20 aromatic rings. The highest BCUT2D eigenvalue weighted by Gasteiger charge is 2.22. The number of para-hydroxylation sites is 9. The number of pyridine rings is 1. The highest BCUT2D eigenvalue weighted by molar-refractivity contribution is 7.26. The molecular weight excluding hydrogens is 1110 g/mol. The van der Waals surface area contributed by atoms with Crippen LogP contribution in [0.1, 0.15) is 0 Å². The Morgan fingerprint density at radius 1 is 0.211 bits per heavy atom. The summed E-state index contributed by atoms with van der Waals surface area (Å²) in [6.45, 7) is 0. The Balaban J connectivity index is 0.000000134. The van der Waals surface area contributed by atoms with Crippen LogP contribution in [0.3, 0.4) is 0 Å². The monoisotopic (exact) mass is 1160 g/mol. The van der Waals surface area contributed by atoms with Gasteiger partial charge in [0.2, 0.25) is 0 Å². The van der Waals surface area contributed by atoms with Crippen molar-refractivity contribution >= 4 is 141 Å². The molecule has 0 N–H and O–H groups in total. The number of hydrogen-bond acceptors (Lipinski definition) is 2. The van der Waals surface area contributed by atoms with E-state index in [0.717, 1.165) is 11.5 Å². The molecule has 0 saturated heterocycles. The number of nitrogens with zero attached hydrogens (tertiary/aromatic N) is 6. The van der Waals surface area contributed by atoms with Crippen LogP contribution >= 0.6 is 11.3 Å². The minimum absolute atomic E-state index is 0.990. The Labute approximate surface area is 520 Å². The maximum atomic E-state index is 4.97. The van der Waals surface area contributed by atoms with Gasteiger partial charge in [-0.05, 0) is 145 Å². The second kappa shape index (κ2) is 19.9. The summed E-state index contributed by atoms with van der Waals surface area (Å²) in [5, 5.41) is 15.1. The molecule has 0 aliphatic carbocycles. The van der Waals surface area contributed by atoms with E-state index in [1.165, 1.54) is 157 Å². The topological polar surface area (TPSA) is 37.5 Å². The summed E-state index contributed by atoms with van der Waals surface area (Å²) >= 11 is 1.82. The summed E-state index contributed by atoms with van der Waals surface area (Å²) in [5.74, 6) is 0.990. The molecule has 420 valence electrons. The molecule has 0 unspecified atom stereocenters. The molecule has 13 aromatic carbocycles. The van der Waals surface area contributed by atoms with E-state index in [9.17, 15) is 0 Å². The van der Waals surface area contributed by atoms with Crippen molar-refractivity contribution in [2.45, 2.75) is 0 Å². The third kappa shape index (κ3) is 7.54. The Morgan fingerprint density at radius 3 is 0.944 bits per heavy atom. The number of fused-ring (bicyclic) bond motifs is 18. The molecule has 20 rings (SSSR count). The maximum Gasteiger partial charge on any atom is 0.155 e. The first kappa shape index (κ1) is 50.4. The lowest BCUT2D eigenvalue weighted by Crippen LogP contribution is -1.97. The molecule has 0 radical (unpaired) electrons. The summed E-state index contributed by atoms with van der Waals surface area (Å²) in [4.78, 5) is 4.97. The van der Waals surface area contributed by atoms with E-state index in [-0.39, 0.29) is 0 Å². The standard InChI is InChI=1S/C48H31N3.C35H21N3S/c1-3-13-34(14-4-1)49-43-20-10-7-17-37(43)40-29-32(23-26-46(40)49)33-24-27-47-41(30-33)38-18-8-12-22-45(38)51(47)36-25-28-48-42(31-36)39-19-9-11-21-44(39)50(48)35-15-5-2-6-16-35;1-5-13-29-23(9-1)24-10-2-6-14-30(24)37(29)22-17-18-33-28(21-22)27-19-20-36-35(34(27)39-33)38-31-15-7-3-11-25(31)26-12-4-8-16-32(26)38/h1-31H;1-21H. The molecule has 7 heterocycles. The SMILES string of the molecule is c1ccc(-n2c3ccccc3c3cc(-c4ccc5c(c4)c4ccccc4n5-c4ccc5c(c4)c4ccccc4n5-c4ccccc4)ccc32)cc1.c1ccc2c(c1)c1ccccc1n2-c1ccc2sc3c(-n4c5ccccc5c5ccccc54)nccc3c2c1.